The van der Waals surface area contributed by atoms with Crippen LogP contribution in [0.4, 0.5) is 0 Å². The van der Waals surface area contributed by atoms with E-state index < -0.39 is 0 Å². The van der Waals surface area contributed by atoms with Crippen molar-refractivity contribution in [3.8, 4) is 11.1 Å². The first-order valence-corrected chi connectivity index (χ1v) is 8.04. The van der Waals surface area contributed by atoms with E-state index in [4.69, 9.17) is 23.2 Å². The first-order chi connectivity index (χ1) is 10.6. The minimum absolute atomic E-state index is 0.451. The number of pyridine rings is 1. The second-order valence-electron chi connectivity index (χ2n) is 5.80. The van der Waals surface area contributed by atoms with Gasteiger partial charge in [-0.05, 0) is 43.9 Å². The van der Waals surface area contributed by atoms with Crippen LogP contribution in [-0.2, 0) is 6.54 Å². The molecule has 6 heteroatoms. The maximum atomic E-state index is 6.55. The summed E-state index contributed by atoms with van der Waals surface area (Å²) in [5.41, 5.74) is 4.22. The van der Waals surface area contributed by atoms with Gasteiger partial charge in [0.05, 0.1) is 10.5 Å². The molecule has 0 amide bonds. The maximum absolute atomic E-state index is 6.55. The van der Waals surface area contributed by atoms with Gasteiger partial charge in [0.25, 0.3) is 0 Å². The molecule has 2 heterocycles. The van der Waals surface area contributed by atoms with Crippen molar-refractivity contribution in [3.63, 3.8) is 0 Å². The molecule has 2 aromatic heterocycles. The highest BCUT2D eigenvalue weighted by atomic mass is 35.5. The van der Waals surface area contributed by atoms with E-state index in [2.05, 4.69) is 15.3 Å². The van der Waals surface area contributed by atoms with Crippen LogP contribution < -0.4 is 0 Å². The van der Waals surface area contributed by atoms with E-state index in [-0.39, 0.29) is 0 Å². The van der Waals surface area contributed by atoms with E-state index in [1.807, 2.05) is 35.9 Å². The third kappa shape index (κ3) is 2.36. The van der Waals surface area contributed by atoms with Crippen molar-refractivity contribution >= 4 is 34.2 Å². The van der Waals surface area contributed by atoms with Crippen LogP contribution >= 0.6 is 23.2 Å². The van der Waals surface area contributed by atoms with Crippen LogP contribution in [0.5, 0.6) is 0 Å². The molecule has 1 aliphatic rings. The topological polar surface area (TPSA) is 43.6 Å². The summed E-state index contributed by atoms with van der Waals surface area (Å²) in [6.07, 6.45) is 2.55. The van der Waals surface area contributed by atoms with E-state index >= 15 is 0 Å². The fourth-order valence-electron chi connectivity index (χ4n) is 2.62. The van der Waals surface area contributed by atoms with Gasteiger partial charge in [0.15, 0.2) is 0 Å². The molecule has 1 fully saturated rings. The Hall–Kier alpha value is -1.65. The van der Waals surface area contributed by atoms with E-state index in [9.17, 15) is 0 Å². The molecule has 0 unspecified atom stereocenters. The number of hydrogen-bond acceptors (Lipinski definition) is 3. The van der Waals surface area contributed by atoms with Crippen molar-refractivity contribution < 1.29 is 0 Å². The SMILES string of the molecule is Cc1ccc(-c2ccc3c(nnn3CC3CC3)c2Cl)c(Cl)n1. The Balaban J connectivity index is 1.83. The van der Waals surface area contributed by atoms with Crippen LogP contribution in [-0.4, -0.2) is 20.0 Å². The first kappa shape index (κ1) is 14.0. The Bertz CT molecular complexity index is 868. The predicted molar refractivity (Wildman–Crippen MR) is 88.2 cm³/mol. The molecule has 0 saturated heterocycles. The summed E-state index contributed by atoms with van der Waals surface area (Å²) in [7, 11) is 0. The highest BCUT2D eigenvalue weighted by Crippen LogP contribution is 2.37. The van der Waals surface area contributed by atoms with Crippen molar-refractivity contribution in [2.75, 3.05) is 0 Å². The summed E-state index contributed by atoms with van der Waals surface area (Å²) in [6, 6.07) is 7.84. The van der Waals surface area contributed by atoms with Crippen LogP contribution in [0, 0.1) is 12.8 Å². The van der Waals surface area contributed by atoms with Gasteiger partial charge in [-0.2, -0.15) is 0 Å². The van der Waals surface area contributed by atoms with E-state index in [0.29, 0.717) is 10.2 Å². The van der Waals surface area contributed by atoms with Gasteiger partial charge >= 0.3 is 0 Å². The van der Waals surface area contributed by atoms with Crippen LogP contribution in [0.3, 0.4) is 0 Å². The molecule has 4 rings (SSSR count). The number of halogens is 2. The number of rotatable bonds is 3. The summed E-state index contributed by atoms with van der Waals surface area (Å²) in [5, 5.41) is 9.52. The summed E-state index contributed by atoms with van der Waals surface area (Å²) >= 11 is 12.8. The van der Waals surface area contributed by atoms with Crippen molar-refractivity contribution in [2.24, 2.45) is 5.92 Å². The Labute approximate surface area is 138 Å². The summed E-state index contributed by atoms with van der Waals surface area (Å²) < 4.78 is 1.94. The number of aromatic nitrogens is 4. The molecule has 0 spiro atoms. The molecule has 112 valence electrons. The van der Waals surface area contributed by atoms with Gasteiger partial charge in [-0.1, -0.05) is 34.5 Å². The predicted octanol–water partition coefficient (Wildman–Crippen LogP) is 4.52. The van der Waals surface area contributed by atoms with E-state index in [1.165, 1.54) is 12.8 Å². The Morgan fingerprint density at radius 3 is 2.64 bits per heavy atom. The van der Waals surface area contributed by atoms with Crippen LogP contribution in [0.15, 0.2) is 24.3 Å². The van der Waals surface area contributed by atoms with Crippen LogP contribution in [0.1, 0.15) is 18.5 Å². The third-order valence-electron chi connectivity index (χ3n) is 4.03. The smallest absolute Gasteiger partial charge is 0.137 e. The Morgan fingerprint density at radius 1 is 1.14 bits per heavy atom. The lowest BCUT2D eigenvalue weighted by molar-refractivity contribution is 0.559. The molecule has 3 aromatic rings. The number of hydrogen-bond donors (Lipinski definition) is 0. The summed E-state index contributed by atoms with van der Waals surface area (Å²) in [4.78, 5) is 4.29. The second-order valence-corrected chi connectivity index (χ2v) is 6.54. The zero-order valence-corrected chi connectivity index (χ0v) is 13.6. The monoisotopic (exact) mass is 332 g/mol. The lowest BCUT2D eigenvalue weighted by atomic mass is 10.1. The maximum Gasteiger partial charge on any atom is 0.137 e. The average Bonchev–Trinajstić information content (AvgIpc) is 3.20. The molecule has 0 bridgehead atoms. The highest BCUT2D eigenvalue weighted by Gasteiger charge is 2.24. The molecule has 4 nitrogen and oxygen atoms in total. The number of nitrogens with zero attached hydrogens (tertiary/aromatic N) is 4. The normalized spacial score (nSPS) is 14.7. The molecule has 1 aliphatic carbocycles. The second kappa shape index (κ2) is 5.21. The number of benzene rings is 1. The quantitative estimate of drug-likeness (QED) is 0.662. The zero-order valence-electron chi connectivity index (χ0n) is 12.1. The largest absolute Gasteiger partial charge is 0.244 e. The van der Waals surface area contributed by atoms with Crippen molar-refractivity contribution in [1.82, 2.24) is 20.0 Å². The average molecular weight is 333 g/mol. The molecular weight excluding hydrogens is 319 g/mol. The fourth-order valence-corrected chi connectivity index (χ4v) is 3.22. The number of fused-ring (bicyclic) bond motifs is 1. The summed E-state index contributed by atoms with van der Waals surface area (Å²) in [5.74, 6) is 0.735. The Kier molecular flexibility index (Phi) is 3.31. The van der Waals surface area contributed by atoms with Gasteiger partial charge in [0.1, 0.15) is 10.7 Å². The molecule has 0 radical (unpaired) electrons. The third-order valence-corrected chi connectivity index (χ3v) is 4.70. The van der Waals surface area contributed by atoms with Crippen molar-refractivity contribution in [1.29, 1.82) is 0 Å². The lowest BCUT2D eigenvalue weighted by Crippen LogP contribution is -2.01. The van der Waals surface area contributed by atoms with Gasteiger partial charge in [-0.15, -0.1) is 5.10 Å². The van der Waals surface area contributed by atoms with Gasteiger partial charge in [-0.25, -0.2) is 9.67 Å². The van der Waals surface area contributed by atoms with Gasteiger partial charge in [0, 0.05) is 23.4 Å². The van der Waals surface area contributed by atoms with E-state index in [1.54, 1.807) is 0 Å². The van der Waals surface area contributed by atoms with Gasteiger partial charge in [0.2, 0.25) is 0 Å². The minimum Gasteiger partial charge on any atom is -0.244 e. The first-order valence-electron chi connectivity index (χ1n) is 7.28. The van der Waals surface area contributed by atoms with Crippen molar-refractivity contribution in [3.05, 3.63) is 40.1 Å². The molecular formula is C16H14Cl2N4. The fraction of sp³-hybridized carbons (Fsp3) is 0.312. The molecule has 1 aromatic carbocycles. The van der Waals surface area contributed by atoms with E-state index in [0.717, 1.165) is 40.3 Å². The zero-order chi connectivity index (χ0) is 15.3. The number of aryl methyl sites for hydroxylation is 1. The molecule has 0 atom stereocenters. The molecule has 1 saturated carbocycles. The standard InChI is InChI=1S/C16H14Cl2N4/c1-9-2-5-12(16(18)19-9)11-6-7-13-15(14(11)17)20-21-22(13)8-10-3-4-10/h2,5-7,10H,3-4,8H2,1H3. The molecule has 0 N–H and O–H groups in total. The molecule has 0 aliphatic heterocycles. The van der Waals surface area contributed by atoms with Crippen LogP contribution in [0.25, 0.3) is 22.2 Å². The van der Waals surface area contributed by atoms with Gasteiger partial charge in [-0.3, -0.25) is 0 Å². The molecule has 22 heavy (non-hydrogen) atoms. The van der Waals surface area contributed by atoms with Crippen LogP contribution in [0.2, 0.25) is 10.2 Å². The van der Waals surface area contributed by atoms with Gasteiger partial charge < -0.3 is 0 Å². The Morgan fingerprint density at radius 2 is 1.91 bits per heavy atom. The lowest BCUT2D eigenvalue weighted by Gasteiger charge is -2.08. The van der Waals surface area contributed by atoms with Crippen molar-refractivity contribution in [2.45, 2.75) is 26.3 Å². The summed E-state index contributed by atoms with van der Waals surface area (Å²) in [6.45, 7) is 2.82. The highest BCUT2D eigenvalue weighted by molar-refractivity contribution is 6.39. The minimum atomic E-state index is 0.451.